The molecule has 2 N–H and O–H groups in total. The highest BCUT2D eigenvalue weighted by Gasteiger charge is 2.66. The number of carbonyl (C=O) groups is 1. The van der Waals surface area contributed by atoms with Gasteiger partial charge in [-0.15, -0.1) is 5.10 Å². The second-order valence-electron chi connectivity index (χ2n) is 15.2. The van der Waals surface area contributed by atoms with Crippen LogP contribution >= 0.6 is 0 Å². The molecule has 0 saturated carbocycles. The highest BCUT2D eigenvalue weighted by atomic mass is 28.3. The molecule has 2 aliphatic rings. The average Bonchev–Trinajstić information content (AvgIpc) is 3.94. The first-order valence-electron chi connectivity index (χ1n) is 18.7. The molecule has 4 aromatic carbocycles. The van der Waals surface area contributed by atoms with Gasteiger partial charge in [0.15, 0.2) is 5.60 Å². The number of aromatic amines is 1. The van der Waals surface area contributed by atoms with Gasteiger partial charge in [0.25, 0.3) is 17.2 Å². The number of nitro benzene ring substituents is 1. The highest BCUT2D eigenvalue weighted by Crippen LogP contribution is 2.60. The Bertz CT molecular complexity index is 2490. The van der Waals surface area contributed by atoms with E-state index in [2.05, 4.69) is 47.6 Å². The van der Waals surface area contributed by atoms with Crippen molar-refractivity contribution in [3.8, 4) is 11.4 Å². The molecular formula is C41H43N7O7Si. The number of nitro groups is 1. The lowest BCUT2D eigenvalue weighted by atomic mass is 9.82. The second-order valence-corrected chi connectivity index (χ2v) is 19.9. The van der Waals surface area contributed by atoms with Gasteiger partial charge in [-0.25, -0.2) is 4.68 Å². The third-order valence-corrected chi connectivity index (χ3v) is 16.1. The number of anilines is 1. The zero-order valence-corrected chi connectivity index (χ0v) is 32.6. The summed E-state index contributed by atoms with van der Waals surface area (Å²) in [6.07, 6.45) is 2.30. The summed E-state index contributed by atoms with van der Waals surface area (Å²) >= 11 is 0. The number of aromatic nitrogens is 5. The summed E-state index contributed by atoms with van der Waals surface area (Å²) < 4.78 is 15.9. The number of nitrogens with one attached hydrogen (secondary N) is 1. The maximum Gasteiger partial charge on any atom is 0.279 e. The standard InChI is InChI=1S/C41H43N7O7Si/c1-26-38(56(3,4)32-16-14-31(54-2)15-17-32)37(19-21-45-25-28(20-22-49)42-44-45)55-41(26)34-23-30(48(52)53)13-18-36(34)46(40(41)51)24-27-9-11-29(12-10-27)47-39(50)33-7-5-6-8-35(33)43-47/h5-18,23,25-26,37-38,43,49H,19-22,24H2,1-4H3/t26-,37+,38-,41+/m1/s1. The van der Waals surface area contributed by atoms with Crippen molar-refractivity contribution in [3.63, 3.8) is 0 Å². The van der Waals surface area contributed by atoms with Crippen molar-refractivity contribution in [2.45, 2.75) is 63.2 Å². The number of ether oxygens (including phenoxy) is 2. The van der Waals surface area contributed by atoms with Crippen LogP contribution < -0.4 is 20.4 Å². The van der Waals surface area contributed by atoms with Crippen molar-refractivity contribution in [2.24, 2.45) is 5.92 Å². The number of benzene rings is 4. The Morgan fingerprint density at radius 3 is 2.48 bits per heavy atom. The molecule has 0 aliphatic carbocycles. The number of para-hydroxylation sites is 1. The molecule has 288 valence electrons. The Hall–Kier alpha value is -5.90. The number of non-ortho nitro benzene ring substituents is 1. The van der Waals surface area contributed by atoms with Gasteiger partial charge in [-0.3, -0.25) is 29.5 Å². The molecule has 56 heavy (non-hydrogen) atoms. The molecular weight excluding hydrogens is 731 g/mol. The van der Waals surface area contributed by atoms with Crippen LogP contribution in [0.25, 0.3) is 16.6 Å². The summed E-state index contributed by atoms with van der Waals surface area (Å²) in [5.41, 5.74) is 2.06. The van der Waals surface area contributed by atoms with E-state index >= 15 is 4.79 Å². The van der Waals surface area contributed by atoms with Crippen LogP contribution in [0, 0.1) is 16.0 Å². The van der Waals surface area contributed by atoms with Crippen LogP contribution in [0.2, 0.25) is 18.6 Å². The van der Waals surface area contributed by atoms with Crippen molar-refractivity contribution in [3.05, 3.63) is 134 Å². The molecule has 0 bridgehead atoms. The fraction of sp³-hybridized carbons (Fsp3) is 0.317. The summed E-state index contributed by atoms with van der Waals surface area (Å²) in [4.78, 5) is 41.8. The van der Waals surface area contributed by atoms with Crippen LogP contribution in [0.3, 0.4) is 0 Å². The maximum atomic E-state index is 15.2. The number of hydrogen-bond donors (Lipinski definition) is 2. The minimum Gasteiger partial charge on any atom is -0.497 e. The van der Waals surface area contributed by atoms with Gasteiger partial charge in [0.2, 0.25) is 0 Å². The predicted octanol–water partition coefficient (Wildman–Crippen LogP) is 5.22. The van der Waals surface area contributed by atoms with Gasteiger partial charge in [-0.2, -0.15) is 0 Å². The van der Waals surface area contributed by atoms with Gasteiger partial charge in [0.1, 0.15) is 5.75 Å². The van der Waals surface area contributed by atoms with Crippen LogP contribution in [0.5, 0.6) is 5.75 Å². The number of amides is 1. The van der Waals surface area contributed by atoms with Crippen molar-refractivity contribution < 1.29 is 24.3 Å². The molecule has 1 fully saturated rings. The molecule has 1 amide bonds. The van der Waals surface area contributed by atoms with Crippen molar-refractivity contribution in [1.82, 2.24) is 24.8 Å². The van der Waals surface area contributed by atoms with E-state index in [1.165, 1.54) is 22.0 Å². The van der Waals surface area contributed by atoms with E-state index in [0.717, 1.165) is 16.8 Å². The van der Waals surface area contributed by atoms with Gasteiger partial charge in [0, 0.05) is 49.4 Å². The number of aliphatic hydroxyl groups is 1. The van der Waals surface area contributed by atoms with E-state index in [4.69, 9.17) is 9.47 Å². The lowest BCUT2D eigenvalue weighted by molar-refractivity contribution is -0.385. The predicted molar refractivity (Wildman–Crippen MR) is 213 cm³/mol. The van der Waals surface area contributed by atoms with Crippen LogP contribution in [0.4, 0.5) is 11.4 Å². The molecule has 1 spiro atoms. The first-order valence-corrected chi connectivity index (χ1v) is 21.8. The summed E-state index contributed by atoms with van der Waals surface area (Å²) in [5, 5.41) is 35.0. The number of carbonyl (C=O) groups excluding carboxylic acids is 1. The minimum absolute atomic E-state index is 0.0351. The normalized spacial score (nSPS) is 20.6. The minimum atomic E-state index is -2.48. The number of methoxy groups -OCH3 is 1. The molecule has 14 nitrogen and oxygen atoms in total. The summed E-state index contributed by atoms with van der Waals surface area (Å²) in [7, 11) is -0.847. The second kappa shape index (κ2) is 14.3. The lowest BCUT2D eigenvalue weighted by Crippen LogP contribution is -2.51. The number of aliphatic hydroxyl groups excluding tert-OH is 1. The van der Waals surface area contributed by atoms with Crippen LogP contribution in [-0.2, 0) is 34.6 Å². The first kappa shape index (κ1) is 37.0. The summed E-state index contributed by atoms with van der Waals surface area (Å²) in [5.74, 6) is 0.109. The van der Waals surface area contributed by atoms with E-state index < -0.39 is 24.7 Å². The molecule has 0 radical (unpaired) electrons. The SMILES string of the molecule is COc1ccc([Si](C)(C)[C@H]2[C@H](CCn3cc(CCO)nn3)O[C@@]3(C(=O)N(Cc4ccc(-n5[nH]c6ccccc6c5=O)cc4)c4ccc([N+](=O)[O-])cc43)[C@@H]2C)cc1. The monoisotopic (exact) mass is 773 g/mol. The van der Waals surface area contributed by atoms with Crippen molar-refractivity contribution in [2.75, 3.05) is 18.6 Å². The molecule has 15 heteroatoms. The average molecular weight is 774 g/mol. The van der Waals surface area contributed by atoms with Gasteiger partial charge >= 0.3 is 0 Å². The van der Waals surface area contributed by atoms with Crippen LogP contribution in [0.15, 0.2) is 102 Å². The van der Waals surface area contributed by atoms with Crippen LogP contribution in [0.1, 0.15) is 30.2 Å². The Balaban J connectivity index is 1.17. The van der Waals surface area contributed by atoms with E-state index in [9.17, 15) is 20.0 Å². The zero-order chi connectivity index (χ0) is 39.4. The third kappa shape index (κ3) is 6.11. The smallest absolute Gasteiger partial charge is 0.279 e. The fourth-order valence-corrected chi connectivity index (χ4v) is 13.0. The van der Waals surface area contributed by atoms with Gasteiger partial charge in [-0.05, 0) is 60.0 Å². The van der Waals surface area contributed by atoms with Crippen molar-refractivity contribution in [1.29, 1.82) is 0 Å². The Morgan fingerprint density at radius 1 is 1.04 bits per heavy atom. The molecule has 0 unspecified atom stereocenters. The van der Waals surface area contributed by atoms with E-state index in [-0.39, 0.29) is 41.8 Å². The molecule has 4 heterocycles. The van der Waals surface area contributed by atoms with E-state index in [1.807, 2.05) is 60.8 Å². The molecule has 6 aromatic rings. The molecule has 1 saturated heterocycles. The fourth-order valence-electron chi connectivity index (χ4n) is 8.95. The number of H-pyrrole nitrogens is 1. The Labute approximate surface area is 323 Å². The van der Waals surface area contributed by atoms with Gasteiger partial charge < -0.3 is 19.5 Å². The topological polar surface area (TPSA) is 171 Å². The number of fused-ring (bicyclic) bond motifs is 3. The zero-order valence-electron chi connectivity index (χ0n) is 31.6. The summed E-state index contributed by atoms with van der Waals surface area (Å²) in [6.45, 7) is 7.23. The van der Waals surface area contributed by atoms with Gasteiger partial charge in [-0.1, -0.05) is 66.8 Å². The Morgan fingerprint density at radius 2 is 1.79 bits per heavy atom. The lowest BCUT2D eigenvalue weighted by Gasteiger charge is -2.37. The quantitative estimate of drug-likeness (QED) is 0.0963. The number of aryl methyl sites for hydroxylation is 1. The number of rotatable bonds is 12. The number of hydrogen-bond acceptors (Lipinski definition) is 9. The summed E-state index contributed by atoms with van der Waals surface area (Å²) in [6, 6.07) is 27.4. The largest absolute Gasteiger partial charge is 0.497 e. The molecule has 2 aliphatic heterocycles. The maximum absolute atomic E-state index is 15.2. The van der Waals surface area contributed by atoms with E-state index in [0.29, 0.717) is 47.4 Å². The first-order chi connectivity index (χ1) is 27.0. The third-order valence-electron chi connectivity index (χ3n) is 11.8. The van der Waals surface area contributed by atoms with E-state index in [1.54, 1.807) is 28.8 Å². The van der Waals surface area contributed by atoms with Crippen LogP contribution in [-0.4, -0.2) is 68.6 Å². The molecule has 8 rings (SSSR count). The molecule has 4 atom stereocenters. The van der Waals surface area contributed by atoms with Gasteiger partial charge in [0.05, 0.1) is 60.7 Å². The molecule has 2 aromatic heterocycles. The Kier molecular flexibility index (Phi) is 9.46. The highest BCUT2D eigenvalue weighted by molar-refractivity contribution is 6.91. The number of nitrogens with zero attached hydrogens (tertiary/aromatic N) is 6. The van der Waals surface area contributed by atoms with Crippen molar-refractivity contribution >= 4 is 41.4 Å².